The highest BCUT2D eigenvalue weighted by Gasteiger charge is 2.10. The van der Waals surface area contributed by atoms with Crippen molar-refractivity contribution in [2.75, 3.05) is 6.79 Å². The van der Waals surface area contributed by atoms with Gasteiger partial charge >= 0.3 is 5.97 Å². The number of aryl methyl sites for hydroxylation is 1. The van der Waals surface area contributed by atoms with Crippen molar-refractivity contribution in [3.8, 4) is 17.2 Å². The lowest BCUT2D eigenvalue weighted by Crippen LogP contribution is -2.09. The second-order valence-corrected chi connectivity index (χ2v) is 6.32. The van der Waals surface area contributed by atoms with E-state index in [0.29, 0.717) is 22.8 Å². The third-order valence-electron chi connectivity index (χ3n) is 4.29. The van der Waals surface area contributed by atoms with Crippen LogP contribution in [0.5, 0.6) is 17.2 Å². The molecule has 0 N–H and O–H groups in total. The summed E-state index contributed by atoms with van der Waals surface area (Å²) in [6, 6.07) is 19.8. The molecule has 3 rings (SSSR count). The number of carbonyl (C=O) groups excluding carboxylic acids is 1. The van der Waals surface area contributed by atoms with Gasteiger partial charge in [0.05, 0.1) is 5.56 Å². The maximum Gasteiger partial charge on any atom is 0.343 e. The summed E-state index contributed by atoms with van der Waals surface area (Å²) < 4.78 is 16.7. The smallest absolute Gasteiger partial charge is 0.343 e. The molecular weight excluding hydrogens is 364 g/mol. The molecule has 3 aromatic carbocycles. The highest BCUT2D eigenvalue weighted by atomic mass is 16.7. The number of hydrogen-bond donors (Lipinski definition) is 0. The van der Waals surface area contributed by atoms with Crippen LogP contribution in [0.25, 0.3) is 12.2 Å². The average Bonchev–Trinajstić information content (AvgIpc) is 2.75. The number of rotatable bonds is 8. The lowest BCUT2D eigenvalue weighted by molar-refractivity contribution is 0.0734. The molecule has 146 valence electrons. The normalized spacial score (nSPS) is 10.1. The standard InChI is InChI=1S/C25H22O4/c1-4-19-6-10-21(11-7-19)25(26)29-23-14-15-24(18(3)16-23)28-17-27-22-12-8-20(5-2)9-13-22/h4-16H,1-2,17H2,3H3. The van der Waals surface area contributed by atoms with Crippen molar-refractivity contribution in [3.63, 3.8) is 0 Å². The van der Waals surface area contributed by atoms with Crippen LogP contribution in [0, 0.1) is 6.92 Å². The lowest BCUT2D eigenvalue weighted by Gasteiger charge is -2.12. The van der Waals surface area contributed by atoms with E-state index < -0.39 is 5.97 Å². The fourth-order valence-corrected chi connectivity index (χ4v) is 2.63. The Morgan fingerprint density at radius 3 is 2.00 bits per heavy atom. The topological polar surface area (TPSA) is 44.8 Å². The Morgan fingerprint density at radius 2 is 1.41 bits per heavy atom. The van der Waals surface area contributed by atoms with Gasteiger partial charge < -0.3 is 14.2 Å². The molecule has 0 unspecified atom stereocenters. The molecule has 29 heavy (non-hydrogen) atoms. The summed E-state index contributed by atoms with van der Waals surface area (Å²) in [6.07, 6.45) is 3.49. The van der Waals surface area contributed by atoms with Crippen LogP contribution in [-0.2, 0) is 0 Å². The summed E-state index contributed by atoms with van der Waals surface area (Å²) in [4.78, 5) is 12.3. The van der Waals surface area contributed by atoms with Gasteiger partial charge in [0, 0.05) is 0 Å². The first kappa shape index (κ1) is 20.0. The van der Waals surface area contributed by atoms with E-state index in [1.807, 2.05) is 43.3 Å². The monoisotopic (exact) mass is 386 g/mol. The Kier molecular flexibility index (Phi) is 6.48. The fourth-order valence-electron chi connectivity index (χ4n) is 2.63. The van der Waals surface area contributed by atoms with Crippen LogP contribution in [0.4, 0.5) is 0 Å². The highest BCUT2D eigenvalue weighted by molar-refractivity contribution is 5.91. The molecule has 0 heterocycles. The Hall–Kier alpha value is -3.79. The first-order chi connectivity index (χ1) is 14.1. The van der Waals surface area contributed by atoms with Gasteiger partial charge in [-0.2, -0.15) is 0 Å². The van der Waals surface area contributed by atoms with E-state index in [0.717, 1.165) is 16.7 Å². The minimum absolute atomic E-state index is 0.0725. The van der Waals surface area contributed by atoms with Crippen molar-refractivity contribution in [3.05, 3.63) is 102 Å². The molecule has 0 atom stereocenters. The summed E-state index contributed by atoms with van der Waals surface area (Å²) in [5, 5.41) is 0. The minimum atomic E-state index is -0.417. The van der Waals surface area contributed by atoms with Gasteiger partial charge in [0.2, 0.25) is 6.79 Å². The first-order valence-corrected chi connectivity index (χ1v) is 9.12. The molecule has 0 spiro atoms. The Labute approximate surface area is 170 Å². The molecule has 0 saturated carbocycles. The van der Waals surface area contributed by atoms with Crippen LogP contribution in [0.2, 0.25) is 0 Å². The maximum atomic E-state index is 12.3. The summed E-state index contributed by atoms with van der Waals surface area (Å²) in [5.74, 6) is 1.40. The summed E-state index contributed by atoms with van der Waals surface area (Å²) in [5.41, 5.74) is 3.28. The molecule has 4 heteroatoms. The van der Waals surface area contributed by atoms with E-state index in [2.05, 4.69) is 13.2 Å². The average molecular weight is 386 g/mol. The van der Waals surface area contributed by atoms with Crippen molar-refractivity contribution in [1.29, 1.82) is 0 Å². The molecular formula is C25H22O4. The van der Waals surface area contributed by atoms with Crippen LogP contribution in [0.15, 0.2) is 79.9 Å². The number of esters is 1. The van der Waals surface area contributed by atoms with Crippen LogP contribution in [0.1, 0.15) is 27.0 Å². The molecule has 0 aliphatic carbocycles. The van der Waals surface area contributed by atoms with Crippen molar-refractivity contribution in [2.24, 2.45) is 0 Å². The van der Waals surface area contributed by atoms with Crippen LogP contribution in [-0.4, -0.2) is 12.8 Å². The molecule has 3 aromatic rings. The molecule has 0 aliphatic heterocycles. The van der Waals surface area contributed by atoms with E-state index in [-0.39, 0.29) is 6.79 Å². The summed E-state index contributed by atoms with van der Waals surface area (Å²) in [7, 11) is 0. The molecule has 0 amide bonds. The predicted octanol–water partition coefficient (Wildman–Crippen LogP) is 5.92. The zero-order valence-electron chi connectivity index (χ0n) is 16.3. The number of ether oxygens (including phenoxy) is 3. The third-order valence-corrected chi connectivity index (χ3v) is 4.29. The van der Waals surface area contributed by atoms with E-state index in [1.165, 1.54) is 0 Å². The number of benzene rings is 3. The van der Waals surface area contributed by atoms with E-state index >= 15 is 0 Å². The second-order valence-electron chi connectivity index (χ2n) is 6.32. The van der Waals surface area contributed by atoms with Gasteiger partial charge in [-0.3, -0.25) is 0 Å². The fraction of sp³-hybridized carbons (Fsp3) is 0.0800. The lowest BCUT2D eigenvalue weighted by atomic mass is 10.1. The Morgan fingerprint density at radius 1 is 0.828 bits per heavy atom. The largest absolute Gasteiger partial charge is 0.458 e. The van der Waals surface area contributed by atoms with Gasteiger partial charge in [-0.1, -0.05) is 49.6 Å². The molecule has 4 nitrogen and oxygen atoms in total. The maximum absolute atomic E-state index is 12.3. The van der Waals surface area contributed by atoms with Crippen molar-refractivity contribution < 1.29 is 19.0 Å². The van der Waals surface area contributed by atoms with Crippen LogP contribution in [0.3, 0.4) is 0 Å². The summed E-state index contributed by atoms with van der Waals surface area (Å²) >= 11 is 0. The van der Waals surface area contributed by atoms with Gasteiger partial charge in [-0.25, -0.2) is 4.79 Å². The van der Waals surface area contributed by atoms with Gasteiger partial charge in [0.15, 0.2) is 0 Å². The van der Waals surface area contributed by atoms with Crippen LogP contribution >= 0.6 is 0 Å². The SMILES string of the molecule is C=Cc1ccc(OCOc2ccc(OC(=O)c3ccc(C=C)cc3)cc2C)cc1. The zero-order valence-corrected chi connectivity index (χ0v) is 16.3. The van der Waals surface area contributed by atoms with Crippen molar-refractivity contribution in [1.82, 2.24) is 0 Å². The van der Waals surface area contributed by atoms with Gasteiger partial charge in [-0.05, 0) is 66.1 Å². The minimum Gasteiger partial charge on any atom is -0.458 e. The Balaban J connectivity index is 1.56. The van der Waals surface area contributed by atoms with E-state index in [4.69, 9.17) is 14.2 Å². The highest BCUT2D eigenvalue weighted by Crippen LogP contribution is 2.24. The van der Waals surface area contributed by atoms with Gasteiger partial charge in [0.1, 0.15) is 17.2 Å². The zero-order chi connectivity index (χ0) is 20.6. The van der Waals surface area contributed by atoms with Crippen LogP contribution < -0.4 is 14.2 Å². The molecule has 0 bridgehead atoms. The number of hydrogen-bond acceptors (Lipinski definition) is 4. The van der Waals surface area contributed by atoms with E-state index in [1.54, 1.807) is 42.5 Å². The van der Waals surface area contributed by atoms with Crippen molar-refractivity contribution in [2.45, 2.75) is 6.92 Å². The predicted molar refractivity (Wildman–Crippen MR) is 115 cm³/mol. The third kappa shape index (κ3) is 5.36. The number of carbonyl (C=O) groups is 1. The second kappa shape index (κ2) is 9.42. The first-order valence-electron chi connectivity index (χ1n) is 9.12. The molecule has 0 aromatic heterocycles. The van der Waals surface area contributed by atoms with Crippen molar-refractivity contribution >= 4 is 18.1 Å². The quantitative estimate of drug-likeness (QED) is 0.274. The Bertz CT molecular complexity index is 1000. The molecule has 0 saturated heterocycles. The van der Waals surface area contributed by atoms with Gasteiger partial charge in [0.25, 0.3) is 0 Å². The molecule has 0 radical (unpaired) electrons. The summed E-state index contributed by atoms with van der Waals surface area (Å²) in [6.45, 7) is 9.37. The van der Waals surface area contributed by atoms with Gasteiger partial charge in [-0.15, -0.1) is 0 Å². The van der Waals surface area contributed by atoms with E-state index in [9.17, 15) is 4.79 Å². The molecule has 0 aliphatic rings. The molecule has 0 fully saturated rings.